The maximum atomic E-state index is 12.4. The van der Waals surface area contributed by atoms with Crippen LogP contribution in [0.15, 0.2) is 48.6 Å². The van der Waals surface area contributed by atoms with E-state index in [1.807, 2.05) is 36.5 Å². The number of esters is 2. The van der Waals surface area contributed by atoms with Gasteiger partial charge in [0.25, 0.3) is 0 Å². The fourth-order valence-electron chi connectivity index (χ4n) is 6.03. The summed E-state index contributed by atoms with van der Waals surface area (Å²) in [5.41, 5.74) is 0. The highest BCUT2D eigenvalue weighted by atomic mass is 31.2. The Bertz CT molecular complexity index is 1090. The standard InChI is InChI=1S/C45H79O9P/c1-3-5-7-8-9-10-11-12-13-14-15-16-17-18-21-24-27-30-34-38-44(47)52-40-43(41-53-55(49,50)51)54-45(48)39-35-31-28-25-22-19-20-23-26-29-33-37-42(46)36-32-6-4-2/h19-20,25-26,28-29,33,37,43H,3-18,21-24,27,30-32,34-36,38-41H2,1-2H3,(H2,49,50,51)/b20-19-,28-25-,29-26-,37-33+/t43-/m1/s1. The lowest BCUT2D eigenvalue weighted by Crippen LogP contribution is -2.29. The van der Waals surface area contributed by atoms with Crippen molar-refractivity contribution in [1.82, 2.24) is 0 Å². The minimum atomic E-state index is -4.78. The molecule has 0 rings (SSSR count). The fraction of sp³-hybridized carbons (Fsp3) is 0.756. The molecule has 1 atom stereocenters. The van der Waals surface area contributed by atoms with Crippen molar-refractivity contribution in [2.24, 2.45) is 0 Å². The summed E-state index contributed by atoms with van der Waals surface area (Å²) in [5.74, 6) is -0.815. The Hall–Kier alpha value is -2.32. The summed E-state index contributed by atoms with van der Waals surface area (Å²) in [7, 11) is -4.78. The van der Waals surface area contributed by atoms with Gasteiger partial charge in [-0.3, -0.25) is 18.9 Å². The topological polar surface area (TPSA) is 136 Å². The first kappa shape index (κ1) is 52.7. The number of ketones is 1. The first-order valence-corrected chi connectivity index (χ1v) is 23.4. The van der Waals surface area contributed by atoms with Crippen LogP contribution >= 0.6 is 7.82 Å². The maximum absolute atomic E-state index is 12.4. The predicted octanol–water partition coefficient (Wildman–Crippen LogP) is 12.7. The van der Waals surface area contributed by atoms with E-state index in [-0.39, 0.29) is 25.2 Å². The normalized spacial score (nSPS) is 12.8. The van der Waals surface area contributed by atoms with Gasteiger partial charge in [0.1, 0.15) is 6.61 Å². The number of ether oxygens (including phenoxy) is 2. The zero-order chi connectivity index (χ0) is 40.5. The maximum Gasteiger partial charge on any atom is 0.469 e. The lowest BCUT2D eigenvalue weighted by Gasteiger charge is -2.18. The SMILES string of the molecule is CCCCCCCCCCCCCCCCCCCCCC(=O)OC[C@H](COP(=O)(O)O)OC(=O)CCC/C=C\C/C=C\C/C=C\C=C\C(=O)CCCCC. The van der Waals surface area contributed by atoms with Crippen molar-refractivity contribution in [3.63, 3.8) is 0 Å². The fourth-order valence-corrected chi connectivity index (χ4v) is 6.39. The van der Waals surface area contributed by atoms with Gasteiger partial charge in [-0.2, -0.15) is 0 Å². The average molecular weight is 795 g/mol. The number of allylic oxidation sites excluding steroid dienone is 8. The van der Waals surface area contributed by atoms with Crippen LogP contribution in [0.3, 0.4) is 0 Å². The number of hydrogen-bond acceptors (Lipinski definition) is 7. The third-order valence-corrected chi connectivity index (χ3v) is 9.81. The number of carbonyl (C=O) groups excluding carboxylic acids is 3. The number of phosphoric acid groups is 1. The zero-order valence-electron chi connectivity index (χ0n) is 34.8. The van der Waals surface area contributed by atoms with Crippen LogP contribution in [0.25, 0.3) is 0 Å². The molecule has 0 spiro atoms. The Balaban J connectivity index is 4.00. The van der Waals surface area contributed by atoms with E-state index in [4.69, 9.17) is 19.3 Å². The molecule has 9 nitrogen and oxygen atoms in total. The van der Waals surface area contributed by atoms with Crippen LogP contribution in [-0.4, -0.2) is 46.8 Å². The molecule has 318 valence electrons. The molecule has 10 heteroatoms. The molecule has 0 aliphatic heterocycles. The molecular weight excluding hydrogens is 715 g/mol. The molecule has 0 saturated carbocycles. The predicted molar refractivity (Wildman–Crippen MR) is 226 cm³/mol. The van der Waals surface area contributed by atoms with Crippen LogP contribution in [0, 0.1) is 0 Å². The highest BCUT2D eigenvalue weighted by Crippen LogP contribution is 2.36. The van der Waals surface area contributed by atoms with Crippen molar-refractivity contribution >= 4 is 25.5 Å². The van der Waals surface area contributed by atoms with E-state index in [1.54, 1.807) is 12.2 Å². The molecule has 0 saturated heterocycles. The van der Waals surface area contributed by atoms with Crippen molar-refractivity contribution < 1.29 is 42.7 Å². The van der Waals surface area contributed by atoms with E-state index in [2.05, 4.69) is 18.4 Å². The van der Waals surface area contributed by atoms with E-state index in [1.165, 1.54) is 103 Å². The Morgan fingerprint density at radius 1 is 0.527 bits per heavy atom. The Morgan fingerprint density at radius 2 is 0.982 bits per heavy atom. The van der Waals surface area contributed by atoms with Crippen LogP contribution in [0.2, 0.25) is 0 Å². The molecule has 0 aliphatic carbocycles. The summed E-state index contributed by atoms with van der Waals surface area (Å²) < 4.78 is 26.3. The molecule has 0 fully saturated rings. The van der Waals surface area contributed by atoms with E-state index >= 15 is 0 Å². The molecule has 0 amide bonds. The highest BCUT2D eigenvalue weighted by Gasteiger charge is 2.22. The van der Waals surface area contributed by atoms with Gasteiger partial charge in [0.2, 0.25) is 0 Å². The molecule has 0 bridgehead atoms. The van der Waals surface area contributed by atoms with Gasteiger partial charge in [-0.1, -0.05) is 185 Å². The van der Waals surface area contributed by atoms with Crippen LogP contribution in [-0.2, 0) is 32.9 Å². The summed E-state index contributed by atoms with van der Waals surface area (Å²) in [4.78, 5) is 54.5. The van der Waals surface area contributed by atoms with Gasteiger partial charge >= 0.3 is 19.8 Å². The molecule has 0 aromatic rings. The van der Waals surface area contributed by atoms with Crippen molar-refractivity contribution in [3.05, 3.63) is 48.6 Å². The van der Waals surface area contributed by atoms with Crippen LogP contribution in [0.5, 0.6) is 0 Å². The van der Waals surface area contributed by atoms with Crippen molar-refractivity contribution in [1.29, 1.82) is 0 Å². The summed E-state index contributed by atoms with van der Waals surface area (Å²) in [6, 6.07) is 0. The van der Waals surface area contributed by atoms with Crippen molar-refractivity contribution in [3.8, 4) is 0 Å². The molecule has 0 aromatic carbocycles. The van der Waals surface area contributed by atoms with Gasteiger partial charge in [-0.15, -0.1) is 0 Å². The molecule has 0 radical (unpaired) electrons. The summed E-state index contributed by atoms with van der Waals surface area (Å²) in [6.45, 7) is 3.49. The second kappa shape index (κ2) is 39.9. The van der Waals surface area contributed by atoms with E-state index in [9.17, 15) is 18.9 Å². The number of phosphoric ester groups is 1. The molecule has 0 unspecified atom stereocenters. The number of unbranched alkanes of at least 4 members (excludes halogenated alkanes) is 21. The first-order chi connectivity index (χ1) is 26.7. The smallest absolute Gasteiger partial charge is 0.462 e. The van der Waals surface area contributed by atoms with E-state index < -0.39 is 32.5 Å². The first-order valence-electron chi connectivity index (χ1n) is 21.9. The molecule has 0 aliphatic rings. The Morgan fingerprint density at radius 3 is 1.53 bits per heavy atom. The second-order valence-corrected chi connectivity index (χ2v) is 16.0. The van der Waals surface area contributed by atoms with Gasteiger partial charge in [0.05, 0.1) is 6.61 Å². The van der Waals surface area contributed by atoms with Gasteiger partial charge in [0.15, 0.2) is 11.9 Å². The van der Waals surface area contributed by atoms with E-state index in [0.29, 0.717) is 25.7 Å². The number of carbonyl (C=O) groups is 3. The summed E-state index contributed by atoms with van der Waals surface area (Å²) in [6.07, 6.45) is 45.4. The lowest BCUT2D eigenvalue weighted by molar-refractivity contribution is -0.161. The highest BCUT2D eigenvalue weighted by molar-refractivity contribution is 7.46. The minimum absolute atomic E-state index is 0.110. The molecular formula is C45H79O9P. The summed E-state index contributed by atoms with van der Waals surface area (Å²) in [5, 5.41) is 0. The second-order valence-electron chi connectivity index (χ2n) is 14.7. The van der Waals surface area contributed by atoms with Crippen LogP contribution < -0.4 is 0 Å². The lowest BCUT2D eigenvalue weighted by atomic mass is 10.0. The molecule has 0 heterocycles. The third kappa shape index (κ3) is 42.7. The van der Waals surface area contributed by atoms with Gasteiger partial charge < -0.3 is 19.3 Å². The molecule has 2 N–H and O–H groups in total. The van der Waals surface area contributed by atoms with Crippen LogP contribution in [0.1, 0.15) is 200 Å². The monoisotopic (exact) mass is 795 g/mol. The Kier molecular flexibility index (Phi) is 38.2. The zero-order valence-corrected chi connectivity index (χ0v) is 35.7. The molecule has 0 aromatic heterocycles. The summed E-state index contributed by atoms with van der Waals surface area (Å²) >= 11 is 0. The van der Waals surface area contributed by atoms with E-state index in [0.717, 1.165) is 44.9 Å². The van der Waals surface area contributed by atoms with Gasteiger partial charge in [-0.05, 0) is 44.6 Å². The van der Waals surface area contributed by atoms with Crippen molar-refractivity contribution in [2.75, 3.05) is 13.2 Å². The van der Waals surface area contributed by atoms with Crippen LogP contribution in [0.4, 0.5) is 0 Å². The average Bonchev–Trinajstić information content (AvgIpc) is 3.15. The number of hydrogen-bond donors (Lipinski definition) is 2. The third-order valence-electron chi connectivity index (χ3n) is 9.33. The number of rotatable bonds is 40. The van der Waals surface area contributed by atoms with Crippen molar-refractivity contribution in [2.45, 2.75) is 206 Å². The van der Waals surface area contributed by atoms with Gasteiger partial charge in [-0.25, -0.2) is 4.57 Å². The minimum Gasteiger partial charge on any atom is -0.462 e. The molecule has 55 heavy (non-hydrogen) atoms. The largest absolute Gasteiger partial charge is 0.469 e. The Labute approximate surface area is 335 Å². The van der Waals surface area contributed by atoms with Gasteiger partial charge in [0, 0.05) is 19.3 Å². The quantitative estimate of drug-likeness (QED) is 0.0155.